The summed E-state index contributed by atoms with van der Waals surface area (Å²) in [5.74, 6) is -3.42. The van der Waals surface area contributed by atoms with Crippen molar-refractivity contribution < 1.29 is 90.6 Å². The predicted octanol–water partition coefficient (Wildman–Crippen LogP) is 8.50. The first-order valence-corrected chi connectivity index (χ1v) is 35.7. The highest BCUT2D eigenvalue weighted by atomic mass is 79.9. The summed E-state index contributed by atoms with van der Waals surface area (Å²) in [6.07, 6.45) is 8.02. The molecular weight excluding hydrogens is 1400 g/mol. The highest BCUT2D eigenvalue weighted by Gasteiger charge is 2.63. The van der Waals surface area contributed by atoms with E-state index >= 15 is 0 Å². The first kappa shape index (κ1) is 77.7. The Balaban J connectivity index is 0.000000239. The van der Waals surface area contributed by atoms with E-state index in [4.69, 9.17) is 43.4 Å². The summed E-state index contributed by atoms with van der Waals surface area (Å²) in [6, 6.07) is 5.62. The fraction of sp³-hybridized carbons (Fsp3) is 0.554. The summed E-state index contributed by atoms with van der Waals surface area (Å²) in [7, 11) is 5.53. The summed E-state index contributed by atoms with van der Waals surface area (Å²) in [5, 5.41) is 12.4. The zero-order valence-electron chi connectivity index (χ0n) is 60.4. The van der Waals surface area contributed by atoms with Crippen LogP contribution in [0.5, 0.6) is 23.0 Å². The van der Waals surface area contributed by atoms with E-state index in [0.29, 0.717) is 62.8 Å². The van der Waals surface area contributed by atoms with Crippen molar-refractivity contribution in [2.24, 2.45) is 22.7 Å². The molecule has 4 aromatic rings. The number of benzene rings is 2. The minimum atomic E-state index is -1.32. The lowest BCUT2D eigenvalue weighted by Crippen LogP contribution is -2.59. The number of halogens is 1. The molecule has 0 radical (unpaired) electrons. The van der Waals surface area contributed by atoms with Gasteiger partial charge in [-0.15, -0.1) is 13.2 Å². The van der Waals surface area contributed by atoms with Crippen molar-refractivity contribution in [3.63, 3.8) is 0 Å². The Hall–Kier alpha value is -9.50. The fourth-order valence-electron chi connectivity index (χ4n) is 14.2. The smallest absolute Gasteiger partial charge is 0.408 e. The van der Waals surface area contributed by atoms with Gasteiger partial charge < -0.3 is 74.5 Å². The number of alkyl carbamates (subject to hydrolysis) is 2. The molecule has 103 heavy (non-hydrogen) atoms. The van der Waals surface area contributed by atoms with Gasteiger partial charge in [-0.25, -0.2) is 29.1 Å². The van der Waals surface area contributed by atoms with E-state index < -0.39 is 112 Å². The van der Waals surface area contributed by atoms with Crippen LogP contribution in [0.15, 0.2) is 61.7 Å². The van der Waals surface area contributed by atoms with E-state index in [1.165, 1.54) is 37.2 Å². The second-order valence-corrected chi connectivity index (χ2v) is 29.8. The van der Waals surface area contributed by atoms with E-state index in [2.05, 4.69) is 65.1 Å². The number of Topliss-reactive ketones (excluding diaryl/α,β-unsaturated/α-hetero) is 2. The number of nitrogens with zero attached hydrogens (tertiary/aromatic N) is 6. The van der Waals surface area contributed by atoms with Crippen LogP contribution in [0.1, 0.15) is 151 Å². The van der Waals surface area contributed by atoms with Gasteiger partial charge in [-0.2, -0.15) is 4.79 Å². The summed E-state index contributed by atoms with van der Waals surface area (Å²) in [4.78, 5) is 149. The number of alkyl halides is 1. The van der Waals surface area contributed by atoms with Crippen LogP contribution >= 0.6 is 15.9 Å². The zero-order valence-corrected chi connectivity index (χ0v) is 62.0. The summed E-state index contributed by atoms with van der Waals surface area (Å²) in [6.45, 7) is 21.9. The van der Waals surface area contributed by atoms with Crippen molar-refractivity contribution >= 4 is 103 Å². The minimum absolute atomic E-state index is 0.00268. The lowest BCUT2D eigenvalue weighted by atomic mass is 9.85. The number of nitrogens with one attached hydrogen (secondary N) is 4. The van der Waals surface area contributed by atoms with Crippen molar-refractivity contribution in [1.29, 1.82) is 0 Å². The van der Waals surface area contributed by atoms with Gasteiger partial charge in [0.15, 0.2) is 5.78 Å². The number of carbonyl (C=O) groups is 10. The number of carbonyl (C=O) groups excluding carboxylic acids is 10. The second-order valence-electron chi connectivity index (χ2n) is 29.2. The molecule has 2 aromatic carbocycles. The highest BCUT2D eigenvalue weighted by molar-refractivity contribution is 9.09. The van der Waals surface area contributed by atoms with Crippen molar-refractivity contribution in [3.8, 4) is 23.0 Å². The van der Waals surface area contributed by atoms with Gasteiger partial charge in [-0.3, -0.25) is 28.8 Å². The number of amides is 6. The number of aryl methyl sites for hydroxylation is 2. The minimum Gasteiger partial charge on any atom is -0.496 e. The number of hydrogen-bond donors (Lipinski definition) is 4. The molecule has 2 saturated heterocycles. The third kappa shape index (κ3) is 16.9. The summed E-state index contributed by atoms with van der Waals surface area (Å²) in [5.41, 5.74) is 7.19. The van der Waals surface area contributed by atoms with Gasteiger partial charge in [-0.05, 0) is 113 Å². The van der Waals surface area contributed by atoms with Gasteiger partial charge >= 0.3 is 30.3 Å². The van der Waals surface area contributed by atoms with Crippen LogP contribution in [-0.2, 0) is 47.7 Å². The van der Waals surface area contributed by atoms with Crippen LogP contribution in [-0.4, -0.2) is 197 Å². The molecule has 0 spiro atoms. The zero-order chi connectivity index (χ0) is 75.2. The van der Waals surface area contributed by atoms with Crippen LogP contribution < -0.4 is 40.2 Å². The molecule has 28 nitrogen and oxygen atoms in total. The molecular formula is C74H93BrN10O18. The SMILES string of the molecule is C=C[C@@H]1C[C@]1(NC(=O)[C@@H]1C[C@@H](Oc2cc(C(=O)C=[N+]=[N-])nc3c(C)c(OC)ccc23)CN1C(=O)[C@@H](NC(=O)OC1CCCC1)C(C)(C)C)C(=O)OC.C=C[C@@H]1C[C@]1(NC(=O)[C@@H]1C[C@@H](Oc2cc(C(=O)CBr)nc3c(C)c(OC)ccc23)CN1C(=O)[C@@H](NC(=O)OC1CCCC1)C(C)(C)C)C(=O)OC. The monoisotopic (exact) mass is 1490 g/mol. The maximum Gasteiger partial charge on any atom is 0.408 e. The Bertz CT molecular complexity index is 4060. The number of esters is 2. The number of ether oxygens (including phenoxy) is 8. The molecule has 4 N–H and O–H groups in total. The molecule has 0 unspecified atom stereocenters. The van der Waals surface area contributed by atoms with Crippen LogP contribution in [0.25, 0.3) is 27.3 Å². The Morgan fingerprint density at radius 1 is 0.612 bits per heavy atom. The number of likely N-dealkylation sites (tertiary alicyclic amines) is 2. The van der Waals surface area contributed by atoms with E-state index in [1.807, 2.05) is 27.7 Å². The average molecular weight is 1490 g/mol. The Labute approximate surface area is 606 Å². The molecule has 4 saturated carbocycles. The molecule has 6 aliphatic rings. The van der Waals surface area contributed by atoms with Gasteiger partial charge in [0.1, 0.15) is 94.0 Å². The van der Waals surface area contributed by atoms with Gasteiger partial charge in [0.25, 0.3) is 5.78 Å². The molecule has 2 aliphatic heterocycles. The van der Waals surface area contributed by atoms with Crippen molar-refractivity contribution in [2.45, 2.75) is 192 Å². The lowest BCUT2D eigenvalue weighted by Gasteiger charge is -2.35. The highest BCUT2D eigenvalue weighted by Crippen LogP contribution is 2.48. The number of rotatable bonds is 24. The van der Waals surface area contributed by atoms with E-state index in [-0.39, 0.29) is 84.6 Å². The molecule has 6 amide bonds. The van der Waals surface area contributed by atoms with Gasteiger partial charge in [0.2, 0.25) is 23.6 Å². The summed E-state index contributed by atoms with van der Waals surface area (Å²) < 4.78 is 45.3. The van der Waals surface area contributed by atoms with Gasteiger partial charge in [0.05, 0.1) is 57.9 Å². The molecule has 4 aliphatic carbocycles. The third-order valence-electron chi connectivity index (χ3n) is 20.1. The number of fused-ring (bicyclic) bond motifs is 2. The number of methoxy groups -OCH3 is 4. The normalized spacial score (nSPS) is 23.4. The molecule has 0 bridgehead atoms. The number of pyridine rings is 2. The van der Waals surface area contributed by atoms with E-state index in [0.717, 1.165) is 51.4 Å². The molecule has 10 rings (SSSR count). The standard InChI is InChI=1S/C37H47BrN4O9.C37H46N6O9/c1-8-21-17-37(21,34(46)49-7)41-32(44)26-15-23(19-42(26)33(45)31(36(3,4)5)40-35(47)51-22-11-9-10-12-22)50-29-16-25(27(43)18-38)39-30-20(2)28(48-6)14-13-24(29)30;1-8-21-17-37(21,34(47)50-7)42-32(45)26-15-23(19-43(26)33(46)31(36(3,4)5)41-35(48)52-22-11-9-10-12-22)51-29-16-25(27(44)18-39-38)40-30-20(2)28(49-6)14-13-24(29)30/h8,13-14,16,21-23,26,31H,1,9-12,15,17-19H2,2-7H3,(H,40,47)(H,41,44);8,13-14,16,18,21-23,26,31H,1,9-12,15,17,19H2,2-7H3,(H,41,48)(H,42,45)/t2*21-,23-,26+,31-,37-/m11/s1. The topological polar surface area (TPSA) is 361 Å². The van der Waals surface area contributed by atoms with Crippen LogP contribution in [0.2, 0.25) is 0 Å². The third-order valence-corrected chi connectivity index (χ3v) is 20.7. The van der Waals surface area contributed by atoms with Crippen molar-refractivity contribution in [1.82, 2.24) is 41.0 Å². The van der Waals surface area contributed by atoms with Crippen molar-refractivity contribution in [3.05, 3.63) is 89.8 Å². The molecule has 554 valence electrons. The number of hydrogen-bond acceptors (Lipinski definition) is 20. The molecule has 4 heterocycles. The van der Waals surface area contributed by atoms with Gasteiger partial charge in [0, 0.05) is 58.7 Å². The largest absolute Gasteiger partial charge is 0.496 e. The first-order valence-electron chi connectivity index (χ1n) is 34.6. The molecule has 29 heteroatoms. The number of aromatic nitrogens is 2. The second kappa shape index (κ2) is 32.0. The Morgan fingerprint density at radius 3 is 1.34 bits per heavy atom. The summed E-state index contributed by atoms with van der Waals surface area (Å²) >= 11 is 3.23. The molecule has 6 fully saturated rings. The lowest BCUT2D eigenvalue weighted by molar-refractivity contribution is -0.149. The molecule has 10 atom stereocenters. The van der Waals surface area contributed by atoms with E-state index in [9.17, 15) is 47.9 Å². The fourth-order valence-corrected chi connectivity index (χ4v) is 14.5. The van der Waals surface area contributed by atoms with Crippen LogP contribution in [0.4, 0.5) is 9.59 Å². The first-order chi connectivity index (χ1) is 48.8. The van der Waals surface area contributed by atoms with Crippen molar-refractivity contribution in [2.75, 3.05) is 46.9 Å². The van der Waals surface area contributed by atoms with Crippen LogP contribution in [0.3, 0.4) is 0 Å². The quantitative estimate of drug-likeness (QED) is 0.00746. The Morgan fingerprint density at radius 2 is 1.00 bits per heavy atom. The van der Waals surface area contributed by atoms with Gasteiger partial charge in [-0.1, -0.05) is 69.6 Å². The average Bonchev–Trinajstić information content (AvgIpc) is 1.61. The molecule has 2 aromatic heterocycles. The van der Waals surface area contributed by atoms with E-state index in [1.54, 1.807) is 77.3 Å². The maximum absolute atomic E-state index is 14.5. The maximum atomic E-state index is 14.5. The number of ketones is 2. The Kier molecular flexibility index (Phi) is 24.1. The predicted molar refractivity (Wildman–Crippen MR) is 380 cm³/mol. The van der Waals surface area contributed by atoms with Crippen LogP contribution in [0, 0.1) is 36.5 Å².